The second-order valence-corrected chi connectivity index (χ2v) is 7.39. The van der Waals surface area contributed by atoms with Crippen LogP contribution in [0.5, 0.6) is 0 Å². The van der Waals surface area contributed by atoms with Crippen molar-refractivity contribution in [3.63, 3.8) is 0 Å². The molecule has 0 bridgehead atoms. The Kier molecular flexibility index (Phi) is 3.61. The zero-order valence-electron chi connectivity index (χ0n) is 13.2. The van der Waals surface area contributed by atoms with Gasteiger partial charge in [-0.1, -0.05) is 0 Å². The van der Waals surface area contributed by atoms with E-state index in [1.807, 2.05) is 4.90 Å². The van der Waals surface area contributed by atoms with Crippen LogP contribution in [0, 0.1) is 11.8 Å². The number of rotatable bonds is 3. The monoisotopic (exact) mass is 307 g/mol. The number of hydrogen-bond donors (Lipinski definition) is 1. The summed E-state index contributed by atoms with van der Waals surface area (Å²) >= 11 is 0. The van der Waals surface area contributed by atoms with Gasteiger partial charge in [0.05, 0.1) is 18.1 Å². The Hall–Kier alpha value is -1.14. The number of ether oxygens (including phenoxy) is 1. The smallest absolute Gasteiger partial charge is 0.225 e. The number of likely N-dealkylation sites (tertiary alicyclic amines) is 2. The maximum Gasteiger partial charge on any atom is 0.225 e. The van der Waals surface area contributed by atoms with Crippen LogP contribution in [0.2, 0.25) is 0 Å². The zero-order valence-corrected chi connectivity index (χ0v) is 13.2. The average molecular weight is 307 g/mol. The van der Waals surface area contributed by atoms with E-state index in [0.717, 1.165) is 39.0 Å². The largest absolute Gasteiger partial charge is 0.378 e. The molecule has 6 heteroatoms. The minimum Gasteiger partial charge on any atom is -0.378 e. The molecule has 1 saturated carbocycles. The highest BCUT2D eigenvalue weighted by Crippen LogP contribution is 2.38. The number of carbonyl (C=O) groups excluding carboxylic acids is 2. The van der Waals surface area contributed by atoms with Gasteiger partial charge in [-0.15, -0.1) is 0 Å². The first kappa shape index (κ1) is 14.5. The third-order valence-corrected chi connectivity index (χ3v) is 5.84. The molecular weight excluding hydrogens is 282 g/mol. The fourth-order valence-electron chi connectivity index (χ4n) is 4.39. The Morgan fingerprint density at radius 3 is 2.86 bits per heavy atom. The second kappa shape index (κ2) is 5.49. The van der Waals surface area contributed by atoms with Gasteiger partial charge in [-0.2, -0.15) is 0 Å². The van der Waals surface area contributed by atoms with E-state index in [0.29, 0.717) is 31.0 Å². The van der Waals surface area contributed by atoms with Gasteiger partial charge in [0, 0.05) is 44.6 Å². The quantitative estimate of drug-likeness (QED) is 0.786. The Labute approximate surface area is 131 Å². The van der Waals surface area contributed by atoms with E-state index in [9.17, 15) is 9.59 Å². The van der Waals surface area contributed by atoms with E-state index >= 15 is 0 Å². The van der Waals surface area contributed by atoms with Crippen molar-refractivity contribution in [2.75, 3.05) is 33.3 Å². The number of fused-ring (bicyclic) bond motifs is 1. The Morgan fingerprint density at radius 1 is 1.32 bits per heavy atom. The summed E-state index contributed by atoms with van der Waals surface area (Å²) in [6.07, 6.45) is 3.92. The normalized spacial score (nSPS) is 39.1. The summed E-state index contributed by atoms with van der Waals surface area (Å²) in [5, 5.41) is 3.17. The first-order chi connectivity index (χ1) is 10.6. The van der Waals surface area contributed by atoms with Crippen LogP contribution >= 0.6 is 0 Å². The molecule has 2 amide bonds. The molecule has 4 unspecified atom stereocenters. The molecule has 4 rings (SSSR count). The van der Waals surface area contributed by atoms with Crippen molar-refractivity contribution >= 4 is 11.8 Å². The molecule has 122 valence electrons. The standard InChI is InChI=1S/C16H25N3O3/c1-18-8-11(9-18)19-7-10(5-15(19)20)16(21)17-13-6-14-12(13)3-2-4-22-14/h10-14H,2-9H2,1H3,(H,17,21). The third kappa shape index (κ3) is 2.42. The van der Waals surface area contributed by atoms with Crippen molar-refractivity contribution in [3.05, 3.63) is 0 Å². The minimum atomic E-state index is -0.165. The summed E-state index contributed by atoms with van der Waals surface area (Å²) in [4.78, 5) is 28.7. The maximum atomic E-state index is 12.5. The summed E-state index contributed by atoms with van der Waals surface area (Å²) in [6.45, 7) is 3.33. The summed E-state index contributed by atoms with van der Waals surface area (Å²) in [7, 11) is 2.06. The lowest BCUT2D eigenvalue weighted by Crippen LogP contribution is -2.59. The van der Waals surface area contributed by atoms with Crippen LogP contribution in [0.4, 0.5) is 0 Å². The summed E-state index contributed by atoms with van der Waals surface area (Å²) < 4.78 is 5.69. The van der Waals surface area contributed by atoms with Crippen molar-refractivity contribution in [3.8, 4) is 0 Å². The number of likely N-dealkylation sites (N-methyl/N-ethyl adjacent to an activating group) is 1. The molecule has 0 aromatic heterocycles. The summed E-state index contributed by atoms with van der Waals surface area (Å²) in [5.74, 6) is 0.538. The van der Waals surface area contributed by atoms with Crippen molar-refractivity contribution in [1.82, 2.24) is 15.1 Å². The molecule has 1 aliphatic carbocycles. The van der Waals surface area contributed by atoms with Gasteiger partial charge >= 0.3 is 0 Å². The lowest BCUT2D eigenvalue weighted by molar-refractivity contribution is -0.135. The molecule has 22 heavy (non-hydrogen) atoms. The fraction of sp³-hybridized carbons (Fsp3) is 0.875. The summed E-state index contributed by atoms with van der Waals surface area (Å²) in [5.41, 5.74) is 0. The Morgan fingerprint density at radius 2 is 2.14 bits per heavy atom. The van der Waals surface area contributed by atoms with Crippen LogP contribution in [0.1, 0.15) is 25.7 Å². The number of nitrogens with one attached hydrogen (secondary N) is 1. The first-order valence-electron chi connectivity index (χ1n) is 8.52. The van der Waals surface area contributed by atoms with Crippen LogP contribution in [0.25, 0.3) is 0 Å². The van der Waals surface area contributed by atoms with E-state index in [1.54, 1.807) is 0 Å². The number of amides is 2. The van der Waals surface area contributed by atoms with Gasteiger partial charge in [0.15, 0.2) is 0 Å². The first-order valence-corrected chi connectivity index (χ1v) is 8.52. The fourth-order valence-corrected chi connectivity index (χ4v) is 4.39. The molecular formula is C16H25N3O3. The third-order valence-electron chi connectivity index (χ3n) is 5.84. The van der Waals surface area contributed by atoms with Crippen molar-refractivity contribution < 1.29 is 14.3 Å². The van der Waals surface area contributed by atoms with Crippen LogP contribution in [-0.4, -0.2) is 73.1 Å². The Balaban J connectivity index is 1.29. The highest BCUT2D eigenvalue weighted by molar-refractivity contribution is 5.89. The molecule has 0 aromatic carbocycles. The molecule has 3 heterocycles. The average Bonchev–Trinajstić information content (AvgIpc) is 2.83. The Bertz CT molecular complexity index is 477. The zero-order chi connectivity index (χ0) is 15.3. The molecule has 4 atom stereocenters. The topological polar surface area (TPSA) is 61.9 Å². The molecule has 0 aromatic rings. The molecule has 6 nitrogen and oxygen atoms in total. The van der Waals surface area contributed by atoms with Crippen LogP contribution in [0.15, 0.2) is 0 Å². The van der Waals surface area contributed by atoms with Gasteiger partial charge in [0.25, 0.3) is 0 Å². The van der Waals surface area contributed by atoms with Gasteiger partial charge in [-0.25, -0.2) is 0 Å². The van der Waals surface area contributed by atoms with Gasteiger partial charge in [0.1, 0.15) is 0 Å². The number of nitrogens with zero attached hydrogens (tertiary/aromatic N) is 2. The van der Waals surface area contributed by atoms with Crippen LogP contribution in [0.3, 0.4) is 0 Å². The predicted molar refractivity (Wildman–Crippen MR) is 80.1 cm³/mol. The molecule has 3 saturated heterocycles. The van der Waals surface area contributed by atoms with Gasteiger partial charge in [0.2, 0.25) is 11.8 Å². The van der Waals surface area contributed by atoms with E-state index in [1.165, 1.54) is 0 Å². The van der Waals surface area contributed by atoms with Gasteiger partial charge in [-0.05, 0) is 26.3 Å². The number of hydrogen-bond acceptors (Lipinski definition) is 4. The molecule has 0 radical (unpaired) electrons. The van der Waals surface area contributed by atoms with Gasteiger partial charge < -0.3 is 19.9 Å². The minimum absolute atomic E-state index is 0.0672. The highest BCUT2D eigenvalue weighted by atomic mass is 16.5. The van der Waals surface area contributed by atoms with Crippen molar-refractivity contribution in [2.45, 2.75) is 43.9 Å². The van der Waals surface area contributed by atoms with Crippen LogP contribution < -0.4 is 5.32 Å². The number of carbonyl (C=O) groups is 2. The highest BCUT2D eigenvalue weighted by Gasteiger charge is 2.46. The molecule has 3 aliphatic heterocycles. The molecule has 4 aliphatic rings. The maximum absolute atomic E-state index is 12.5. The van der Waals surface area contributed by atoms with E-state index in [4.69, 9.17) is 4.74 Å². The van der Waals surface area contributed by atoms with Crippen molar-refractivity contribution in [2.24, 2.45) is 11.8 Å². The van der Waals surface area contributed by atoms with E-state index < -0.39 is 0 Å². The molecule has 0 spiro atoms. The SMILES string of the molecule is CN1CC(N2CC(C(=O)NC3CC4OCCCC34)CC2=O)C1. The second-order valence-electron chi connectivity index (χ2n) is 7.39. The van der Waals surface area contributed by atoms with Gasteiger partial charge in [-0.3, -0.25) is 9.59 Å². The van der Waals surface area contributed by atoms with Crippen molar-refractivity contribution in [1.29, 1.82) is 0 Å². The molecule has 1 N–H and O–H groups in total. The predicted octanol–water partition coefficient (Wildman–Crippen LogP) is -0.167. The van der Waals surface area contributed by atoms with E-state index in [2.05, 4.69) is 17.3 Å². The summed E-state index contributed by atoms with van der Waals surface area (Å²) in [6, 6.07) is 0.576. The molecule has 4 fully saturated rings. The van der Waals surface area contributed by atoms with Crippen LogP contribution in [-0.2, 0) is 14.3 Å². The van der Waals surface area contributed by atoms with E-state index in [-0.39, 0.29) is 23.8 Å². The lowest BCUT2D eigenvalue weighted by Gasteiger charge is -2.47. The lowest BCUT2D eigenvalue weighted by atomic mass is 9.72.